The van der Waals surface area contributed by atoms with Gasteiger partial charge in [0.25, 0.3) is 0 Å². The molecule has 0 aromatic heterocycles. The zero-order valence-electron chi connectivity index (χ0n) is 7.56. The third kappa shape index (κ3) is 1.58. The molecule has 0 amide bonds. The maximum atomic E-state index is 13.2. The number of halogens is 2. The van der Waals surface area contributed by atoms with Gasteiger partial charge in [-0.05, 0) is 42.0 Å². The van der Waals surface area contributed by atoms with E-state index in [4.69, 9.17) is 0 Å². The average Bonchev–Trinajstić information content (AvgIpc) is 2.88. The second-order valence-electron chi connectivity index (χ2n) is 3.68. The van der Waals surface area contributed by atoms with Gasteiger partial charge in [0.2, 0.25) is 0 Å². The van der Waals surface area contributed by atoms with Crippen LogP contribution in [0.1, 0.15) is 31.2 Å². The summed E-state index contributed by atoms with van der Waals surface area (Å²) in [7, 11) is 0. The molecular formula is C11H12F2. The van der Waals surface area contributed by atoms with Crippen LogP contribution in [0.15, 0.2) is 18.2 Å². The van der Waals surface area contributed by atoms with Gasteiger partial charge < -0.3 is 0 Å². The van der Waals surface area contributed by atoms with Crippen LogP contribution in [0.25, 0.3) is 0 Å². The Labute approximate surface area is 76.6 Å². The lowest BCUT2D eigenvalue weighted by atomic mass is 10.1. The highest BCUT2D eigenvalue weighted by Gasteiger charge is 2.38. The van der Waals surface area contributed by atoms with E-state index < -0.39 is 0 Å². The molecule has 0 nitrogen and oxygen atoms in total. The highest BCUT2D eigenvalue weighted by molar-refractivity contribution is 5.27. The van der Waals surface area contributed by atoms with E-state index in [0.29, 0.717) is 11.5 Å². The summed E-state index contributed by atoms with van der Waals surface area (Å²) in [6, 6.07) is 3.72. The summed E-state index contributed by atoms with van der Waals surface area (Å²) in [5.74, 6) is 0.234. The first-order valence-electron chi connectivity index (χ1n) is 4.67. The predicted molar refractivity (Wildman–Crippen MR) is 47.5 cm³/mol. The van der Waals surface area contributed by atoms with E-state index in [9.17, 15) is 8.78 Å². The minimum atomic E-state index is -0.335. The molecule has 0 aliphatic heterocycles. The molecule has 1 aliphatic rings. The van der Waals surface area contributed by atoms with Gasteiger partial charge >= 0.3 is 0 Å². The molecule has 2 heteroatoms. The highest BCUT2D eigenvalue weighted by Crippen LogP contribution is 2.50. The lowest BCUT2D eigenvalue weighted by molar-refractivity contribution is 0.581. The monoisotopic (exact) mass is 182 g/mol. The molecule has 0 N–H and O–H groups in total. The normalized spacial score (nSPS) is 26.1. The first-order valence-corrected chi connectivity index (χ1v) is 4.67. The molecule has 2 rings (SSSR count). The van der Waals surface area contributed by atoms with E-state index in [1.165, 1.54) is 18.2 Å². The quantitative estimate of drug-likeness (QED) is 0.656. The topological polar surface area (TPSA) is 0 Å². The van der Waals surface area contributed by atoms with Crippen molar-refractivity contribution < 1.29 is 8.78 Å². The summed E-state index contributed by atoms with van der Waals surface area (Å²) >= 11 is 0. The number of hydrogen-bond donors (Lipinski definition) is 0. The van der Waals surface area contributed by atoms with Gasteiger partial charge in [0, 0.05) is 0 Å². The van der Waals surface area contributed by atoms with E-state index in [2.05, 4.69) is 6.92 Å². The van der Waals surface area contributed by atoms with Crippen LogP contribution in [0.2, 0.25) is 0 Å². The first kappa shape index (κ1) is 8.67. The average molecular weight is 182 g/mol. The largest absolute Gasteiger partial charge is 0.207 e. The molecule has 0 heterocycles. The predicted octanol–water partition coefficient (Wildman–Crippen LogP) is 3.48. The second kappa shape index (κ2) is 3.09. The standard InChI is InChI=1S/C11H12F2/c1-2-7-5-9(7)10-6-8(12)3-4-11(10)13/h3-4,6-7,9H,2,5H2,1H3/t7-,9-/m0/s1. The van der Waals surface area contributed by atoms with Crippen molar-refractivity contribution in [2.75, 3.05) is 0 Å². The molecule has 0 unspecified atom stereocenters. The Morgan fingerprint density at radius 3 is 2.77 bits per heavy atom. The summed E-state index contributed by atoms with van der Waals surface area (Å²) in [4.78, 5) is 0. The molecule has 2 atom stereocenters. The fourth-order valence-electron chi connectivity index (χ4n) is 1.88. The summed E-state index contributed by atoms with van der Waals surface area (Å²) in [6.45, 7) is 2.09. The van der Waals surface area contributed by atoms with Crippen LogP contribution in [-0.4, -0.2) is 0 Å². The van der Waals surface area contributed by atoms with E-state index in [1.807, 2.05) is 0 Å². The van der Waals surface area contributed by atoms with Crippen LogP contribution in [0.3, 0.4) is 0 Å². The van der Waals surface area contributed by atoms with Gasteiger partial charge in [-0.1, -0.05) is 13.3 Å². The van der Waals surface area contributed by atoms with Gasteiger partial charge in [-0.2, -0.15) is 0 Å². The van der Waals surface area contributed by atoms with Gasteiger partial charge in [0.05, 0.1) is 0 Å². The summed E-state index contributed by atoms with van der Waals surface area (Å²) < 4.78 is 26.0. The Bertz CT molecular complexity index is 320. The Kier molecular flexibility index (Phi) is 2.06. The SMILES string of the molecule is CC[C@H]1C[C@@H]1c1cc(F)ccc1F. The van der Waals surface area contributed by atoms with Crippen molar-refractivity contribution >= 4 is 0 Å². The van der Waals surface area contributed by atoms with Gasteiger partial charge in [0.1, 0.15) is 11.6 Å². The summed E-state index contributed by atoms with van der Waals surface area (Å²) in [6.07, 6.45) is 2.07. The van der Waals surface area contributed by atoms with Crippen molar-refractivity contribution in [3.8, 4) is 0 Å². The van der Waals surface area contributed by atoms with Crippen LogP contribution in [-0.2, 0) is 0 Å². The molecular weight excluding hydrogens is 170 g/mol. The Morgan fingerprint density at radius 1 is 1.38 bits per heavy atom. The minimum Gasteiger partial charge on any atom is -0.207 e. The first-order chi connectivity index (χ1) is 6.22. The van der Waals surface area contributed by atoms with Crippen molar-refractivity contribution in [2.45, 2.75) is 25.7 Å². The molecule has 0 radical (unpaired) electrons. The summed E-state index contributed by atoms with van der Waals surface area (Å²) in [5, 5.41) is 0. The molecule has 13 heavy (non-hydrogen) atoms. The van der Waals surface area contributed by atoms with Gasteiger partial charge in [-0.25, -0.2) is 8.78 Å². The van der Waals surface area contributed by atoms with Crippen LogP contribution < -0.4 is 0 Å². The molecule has 0 spiro atoms. The van der Waals surface area contributed by atoms with Gasteiger partial charge in [0.15, 0.2) is 0 Å². The molecule has 0 saturated heterocycles. The molecule has 70 valence electrons. The molecule has 1 aromatic rings. The van der Waals surface area contributed by atoms with Crippen molar-refractivity contribution in [3.05, 3.63) is 35.4 Å². The fraction of sp³-hybridized carbons (Fsp3) is 0.455. The number of benzene rings is 1. The molecule has 1 saturated carbocycles. The second-order valence-corrected chi connectivity index (χ2v) is 3.68. The van der Waals surface area contributed by atoms with Crippen LogP contribution >= 0.6 is 0 Å². The smallest absolute Gasteiger partial charge is 0.126 e. The van der Waals surface area contributed by atoms with Gasteiger partial charge in [-0.15, -0.1) is 0 Å². The minimum absolute atomic E-state index is 0.262. The van der Waals surface area contributed by atoms with Gasteiger partial charge in [-0.3, -0.25) is 0 Å². The lowest BCUT2D eigenvalue weighted by Crippen LogP contribution is -1.90. The van der Waals surface area contributed by atoms with Crippen LogP contribution in [0, 0.1) is 17.6 Å². The number of hydrogen-bond acceptors (Lipinski definition) is 0. The molecule has 1 aromatic carbocycles. The lowest BCUT2D eigenvalue weighted by Gasteiger charge is -2.01. The maximum Gasteiger partial charge on any atom is 0.126 e. The third-order valence-electron chi connectivity index (χ3n) is 2.80. The van der Waals surface area contributed by atoms with Crippen molar-refractivity contribution in [1.82, 2.24) is 0 Å². The van der Waals surface area contributed by atoms with E-state index >= 15 is 0 Å². The van der Waals surface area contributed by atoms with Crippen molar-refractivity contribution in [3.63, 3.8) is 0 Å². The van der Waals surface area contributed by atoms with Crippen LogP contribution in [0.4, 0.5) is 8.78 Å². The zero-order chi connectivity index (χ0) is 9.42. The van der Waals surface area contributed by atoms with E-state index in [1.54, 1.807) is 0 Å². The Balaban J connectivity index is 2.25. The van der Waals surface area contributed by atoms with Crippen molar-refractivity contribution in [2.24, 2.45) is 5.92 Å². The third-order valence-corrected chi connectivity index (χ3v) is 2.80. The summed E-state index contributed by atoms with van der Waals surface area (Å²) in [5.41, 5.74) is 0.562. The number of rotatable bonds is 2. The molecule has 1 fully saturated rings. The highest BCUT2D eigenvalue weighted by atomic mass is 19.1. The fourth-order valence-corrected chi connectivity index (χ4v) is 1.88. The van der Waals surface area contributed by atoms with Crippen molar-refractivity contribution in [1.29, 1.82) is 0 Å². The molecule has 1 aliphatic carbocycles. The van der Waals surface area contributed by atoms with Crippen LogP contribution in [0.5, 0.6) is 0 Å². The van der Waals surface area contributed by atoms with E-state index in [-0.39, 0.29) is 17.6 Å². The zero-order valence-corrected chi connectivity index (χ0v) is 7.56. The Hall–Kier alpha value is -0.920. The molecule has 0 bridgehead atoms. The maximum absolute atomic E-state index is 13.2. The van der Waals surface area contributed by atoms with E-state index in [0.717, 1.165) is 12.8 Å². The Morgan fingerprint density at radius 2 is 2.15 bits per heavy atom.